The summed E-state index contributed by atoms with van der Waals surface area (Å²) in [5.74, 6) is 4.30. The lowest BCUT2D eigenvalue weighted by Crippen LogP contribution is -2.47. The number of benzene rings is 2. The van der Waals surface area contributed by atoms with Crippen molar-refractivity contribution < 1.29 is 14.2 Å². The Kier molecular flexibility index (Phi) is 7.54. The molecule has 1 saturated heterocycles. The topological polar surface area (TPSA) is 126 Å². The fraction of sp³-hybridized carbons (Fsp3) is 0.250. The molecule has 0 bridgehead atoms. The molecule has 6 rings (SSSR count). The van der Waals surface area contributed by atoms with Crippen LogP contribution in [0.3, 0.4) is 0 Å². The summed E-state index contributed by atoms with van der Waals surface area (Å²) in [6.45, 7) is 3.24. The van der Waals surface area contributed by atoms with Crippen molar-refractivity contribution in [1.82, 2.24) is 29.9 Å². The molecule has 0 aliphatic carbocycles. The Hall–Kier alpha value is -4.84. The summed E-state index contributed by atoms with van der Waals surface area (Å²) in [5, 5.41) is 3.72. The number of H-pyrrole nitrogens is 1. The number of aromatic amines is 1. The number of fused-ring (bicyclic) bond motifs is 1. The molecule has 0 atom stereocenters. The first kappa shape index (κ1) is 26.4. The molecule has 0 radical (unpaired) electrons. The van der Waals surface area contributed by atoms with Crippen LogP contribution in [0.4, 0.5) is 17.7 Å². The van der Waals surface area contributed by atoms with Gasteiger partial charge in [0.1, 0.15) is 11.6 Å². The summed E-state index contributed by atoms with van der Waals surface area (Å²) in [6.07, 6.45) is 3.50. The second-order valence-electron chi connectivity index (χ2n) is 9.21. The number of aromatic nitrogens is 6. The van der Waals surface area contributed by atoms with Crippen molar-refractivity contribution in [2.75, 3.05) is 55.5 Å². The van der Waals surface area contributed by atoms with Gasteiger partial charge in [-0.3, -0.25) is 0 Å². The van der Waals surface area contributed by atoms with Crippen LogP contribution in [0, 0.1) is 0 Å². The Bertz CT molecular complexity index is 1610. The fourth-order valence-corrected chi connectivity index (χ4v) is 4.74. The number of nitrogens with one attached hydrogen (secondary N) is 2. The second-order valence-corrected chi connectivity index (χ2v) is 9.62. The van der Waals surface area contributed by atoms with Gasteiger partial charge in [0.25, 0.3) is 0 Å². The highest BCUT2D eigenvalue weighted by Gasteiger charge is 2.22. The minimum atomic E-state index is 0.324. The molecule has 1 aliphatic heterocycles. The summed E-state index contributed by atoms with van der Waals surface area (Å²) >= 11 is 6.51. The predicted molar refractivity (Wildman–Crippen MR) is 157 cm³/mol. The lowest BCUT2D eigenvalue weighted by Gasteiger charge is -2.34. The first-order chi connectivity index (χ1) is 20.1. The van der Waals surface area contributed by atoms with Crippen molar-refractivity contribution in [3.8, 4) is 23.1 Å². The molecular formula is C28H28ClN9O3. The van der Waals surface area contributed by atoms with Crippen LogP contribution in [0.5, 0.6) is 23.1 Å². The van der Waals surface area contributed by atoms with E-state index in [9.17, 15) is 0 Å². The Morgan fingerprint density at radius 2 is 1.54 bits per heavy atom. The second kappa shape index (κ2) is 11.7. The average Bonchev–Trinajstić information content (AvgIpc) is 3.44. The summed E-state index contributed by atoms with van der Waals surface area (Å²) < 4.78 is 17.0. The molecule has 0 spiro atoms. The maximum absolute atomic E-state index is 6.51. The number of para-hydroxylation sites is 2. The molecule has 13 heteroatoms. The molecule has 0 unspecified atom stereocenters. The van der Waals surface area contributed by atoms with Gasteiger partial charge >= 0.3 is 0 Å². The van der Waals surface area contributed by atoms with Gasteiger partial charge in [0, 0.05) is 56.8 Å². The van der Waals surface area contributed by atoms with Crippen LogP contribution < -0.4 is 29.3 Å². The van der Waals surface area contributed by atoms with Gasteiger partial charge in [0.2, 0.25) is 17.8 Å². The van der Waals surface area contributed by atoms with Crippen molar-refractivity contribution in [2.45, 2.75) is 6.54 Å². The van der Waals surface area contributed by atoms with E-state index in [0.717, 1.165) is 29.9 Å². The quantitative estimate of drug-likeness (QED) is 0.258. The van der Waals surface area contributed by atoms with Crippen LogP contribution in [-0.2, 0) is 6.54 Å². The molecule has 2 aromatic carbocycles. The lowest BCUT2D eigenvalue weighted by molar-refractivity contribution is 0.351. The van der Waals surface area contributed by atoms with Gasteiger partial charge in [-0.15, -0.1) is 0 Å². The van der Waals surface area contributed by atoms with E-state index in [2.05, 4.69) is 35.1 Å². The van der Waals surface area contributed by atoms with E-state index < -0.39 is 0 Å². The van der Waals surface area contributed by atoms with Gasteiger partial charge in [-0.05, 0) is 18.2 Å². The third-order valence-corrected chi connectivity index (χ3v) is 6.91. The van der Waals surface area contributed by atoms with Crippen LogP contribution in [0.15, 0.2) is 60.9 Å². The number of nitrogens with zero attached hydrogens (tertiary/aromatic N) is 7. The maximum Gasteiger partial charge on any atom is 0.230 e. The lowest BCUT2D eigenvalue weighted by atomic mass is 10.3. The van der Waals surface area contributed by atoms with Gasteiger partial charge in [0.15, 0.2) is 17.2 Å². The Labute approximate surface area is 241 Å². The number of imidazole rings is 1. The van der Waals surface area contributed by atoms with Crippen LogP contribution in [0.2, 0.25) is 5.02 Å². The van der Waals surface area contributed by atoms with E-state index in [1.165, 1.54) is 0 Å². The highest BCUT2D eigenvalue weighted by atomic mass is 35.5. The Balaban J connectivity index is 1.26. The first-order valence-electron chi connectivity index (χ1n) is 13.0. The molecule has 12 nitrogen and oxygen atoms in total. The Morgan fingerprint density at radius 1 is 0.829 bits per heavy atom. The van der Waals surface area contributed by atoms with E-state index in [4.69, 9.17) is 35.8 Å². The highest BCUT2D eigenvalue weighted by Crippen LogP contribution is 2.39. The summed E-state index contributed by atoms with van der Waals surface area (Å²) in [7, 11) is 3.10. The number of hydrogen-bond acceptors (Lipinski definition) is 11. The zero-order chi connectivity index (χ0) is 28.2. The summed E-state index contributed by atoms with van der Waals surface area (Å²) in [4.78, 5) is 30.5. The molecule has 0 saturated carbocycles. The van der Waals surface area contributed by atoms with Crippen LogP contribution in [-0.4, -0.2) is 70.3 Å². The number of ether oxygens (including phenoxy) is 3. The number of anilines is 3. The minimum absolute atomic E-state index is 0.324. The van der Waals surface area contributed by atoms with E-state index in [1.54, 1.807) is 44.8 Å². The Morgan fingerprint density at radius 3 is 2.27 bits per heavy atom. The van der Waals surface area contributed by atoms with Crippen molar-refractivity contribution in [2.24, 2.45) is 0 Å². The normalized spacial score (nSPS) is 13.3. The molecule has 1 fully saturated rings. The van der Waals surface area contributed by atoms with E-state index in [-0.39, 0.29) is 0 Å². The van der Waals surface area contributed by atoms with Crippen molar-refractivity contribution in [3.63, 3.8) is 0 Å². The third kappa shape index (κ3) is 5.87. The van der Waals surface area contributed by atoms with Gasteiger partial charge < -0.3 is 34.3 Å². The first-order valence-corrected chi connectivity index (χ1v) is 13.4. The predicted octanol–water partition coefficient (Wildman–Crippen LogP) is 4.54. The van der Waals surface area contributed by atoms with Crippen molar-refractivity contribution >= 4 is 40.3 Å². The van der Waals surface area contributed by atoms with Crippen LogP contribution >= 0.6 is 11.6 Å². The standard InChI is InChI=1S/C28H28ClN9O3/c1-39-22-14-18(29)21(15-23(22)40-2)41-26-16-24(32-17-25-33-19-6-3-4-7-20(19)34-25)35-28(36-26)38-12-10-37(11-13-38)27-30-8-5-9-31-27/h3-9,14-16H,10-13,17H2,1-2H3,(H,33,34)(H,32,35,36). The van der Waals surface area contributed by atoms with Crippen LogP contribution in [0.25, 0.3) is 11.0 Å². The molecule has 3 aromatic heterocycles. The fourth-order valence-electron chi connectivity index (χ4n) is 4.55. The molecule has 0 amide bonds. The minimum Gasteiger partial charge on any atom is -0.493 e. The van der Waals surface area contributed by atoms with Crippen LogP contribution in [0.1, 0.15) is 5.82 Å². The molecule has 1 aliphatic rings. The highest BCUT2D eigenvalue weighted by molar-refractivity contribution is 6.32. The van der Waals surface area contributed by atoms with E-state index >= 15 is 0 Å². The van der Waals surface area contributed by atoms with E-state index in [0.29, 0.717) is 65.5 Å². The number of hydrogen-bond donors (Lipinski definition) is 2. The van der Waals surface area contributed by atoms with Crippen molar-refractivity contribution in [1.29, 1.82) is 0 Å². The molecule has 5 aromatic rings. The smallest absolute Gasteiger partial charge is 0.230 e. The van der Waals surface area contributed by atoms with Crippen molar-refractivity contribution in [3.05, 3.63) is 71.8 Å². The largest absolute Gasteiger partial charge is 0.493 e. The molecule has 4 heterocycles. The molecular weight excluding hydrogens is 546 g/mol. The summed E-state index contributed by atoms with van der Waals surface area (Å²) in [5.41, 5.74) is 1.88. The van der Waals surface area contributed by atoms with Gasteiger partial charge in [-0.25, -0.2) is 15.0 Å². The zero-order valence-electron chi connectivity index (χ0n) is 22.5. The molecule has 2 N–H and O–H groups in total. The number of methoxy groups -OCH3 is 2. The van der Waals surface area contributed by atoms with Gasteiger partial charge in [-0.2, -0.15) is 9.97 Å². The maximum atomic E-state index is 6.51. The van der Waals surface area contributed by atoms with Gasteiger partial charge in [0.05, 0.1) is 36.8 Å². The number of halogens is 1. The summed E-state index contributed by atoms with van der Waals surface area (Å²) in [6, 6.07) is 14.7. The van der Waals surface area contributed by atoms with Gasteiger partial charge in [-0.1, -0.05) is 23.7 Å². The zero-order valence-corrected chi connectivity index (χ0v) is 23.3. The molecule has 210 valence electrons. The SMILES string of the molecule is COc1cc(Cl)c(Oc2cc(NCc3nc4ccccc4[nH]3)nc(N3CCN(c4ncccn4)CC3)n2)cc1OC. The number of piperazine rings is 1. The van der Waals surface area contributed by atoms with E-state index in [1.807, 2.05) is 30.3 Å². The average molecular weight is 574 g/mol. The monoisotopic (exact) mass is 573 g/mol. The number of rotatable bonds is 9. The third-order valence-electron chi connectivity index (χ3n) is 6.62. The molecule has 41 heavy (non-hydrogen) atoms.